The normalized spacial score (nSPS) is 18.1. The number of rotatable bonds is 5. The highest BCUT2D eigenvalue weighted by atomic mass is 32.2. The molecule has 0 aliphatic carbocycles. The van der Waals surface area contributed by atoms with E-state index in [-0.39, 0.29) is 0 Å². The molecule has 0 amide bonds. The van der Waals surface area contributed by atoms with Crippen molar-refractivity contribution in [2.24, 2.45) is 0 Å². The van der Waals surface area contributed by atoms with E-state index >= 15 is 0 Å². The summed E-state index contributed by atoms with van der Waals surface area (Å²) in [4.78, 5) is 7.07. The number of hydrogen-bond acceptors (Lipinski definition) is 5. The van der Waals surface area contributed by atoms with Crippen LogP contribution in [0.1, 0.15) is 34.4 Å². The molecule has 1 aromatic heterocycles. The topological polar surface area (TPSA) is 42.2 Å². The Kier molecular flexibility index (Phi) is 5.37. The predicted molar refractivity (Wildman–Crippen MR) is 105 cm³/mol. The van der Waals surface area contributed by atoms with Gasteiger partial charge in [0.2, 0.25) is 5.89 Å². The van der Waals surface area contributed by atoms with Crippen molar-refractivity contribution >= 4 is 11.8 Å². The highest BCUT2D eigenvalue weighted by Gasteiger charge is 2.26. The van der Waals surface area contributed by atoms with Crippen LogP contribution in [0, 0.1) is 6.92 Å². The maximum Gasteiger partial charge on any atom is 0.240 e. The van der Waals surface area contributed by atoms with E-state index in [2.05, 4.69) is 58.4 Å². The van der Waals surface area contributed by atoms with Crippen molar-refractivity contribution in [3.8, 4) is 0 Å². The molecule has 26 heavy (non-hydrogen) atoms. The number of aromatic nitrogens is 2. The van der Waals surface area contributed by atoms with Crippen LogP contribution in [0.2, 0.25) is 0 Å². The Hall–Kier alpha value is -2.11. The highest BCUT2D eigenvalue weighted by Crippen LogP contribution is 2.30. The first-order chi connectivity index (χ1) is 12.8. The Balaban J connectivity index is 1.46. The average Bonchev–Trinajstić information content (AvgIpc) is 3.11. The third kappa shape index (κ3) is 4.17. The lowest BCUT2D eigenvalue weighted by atomic mass is 10.0. The number of hydrogen-bond donors (Lipinski definition) is 0. The van der Waals surface area contributed by atoms with Crippen molar-refractivity contribution in [1.29, 1.82) is 0 Å². The van der Waals surface area contributed by atoms with Crippen molar-refractivity contribution in [1.82, 2.24) is 15.0 Å². The van der Waals surface area contributed by atoms with Gasteiger partial charge in [0, 0.05) is 30.5 Å². The van der Waals surface area contributed by atoms with Crippen LogP contribution < -0.4 is 0 Å². The summed E-state index contributed by atoms with van der Waals surface area (Å²) in [6, 6.07) is 19.5. The Morgan fingerprint density at radius 3 is 2.73 bits per heavy atom. The number of aryl methyl sites for hydroxylation is 1. The largest absolute Gasteiger partial charge is 0.338 e. The fourth-order valence-corrected chi connectivity index (χ4v) is 4.46. The van der Waals surface area contributed by atoms with Gasteiger partial charge >= 0.3 is 0 Å². The van der Waals surface area contributed by atoms with Gasteiger partial charge in [0.1, 0.15) is 0 Å². The summed E-state index contributed by atoms with van der Waals surface area (Å²) in [5, 5.41) is 4.17. The molecule has 134 valence electrons. The maximum atomic E-state index is 5.53. The van der Waals surface area contributed by atoms with Crippen LogP contribution in [-0.2, 0) is 13.0 Å². The van der Waals surface area contributed by atoms with Gasteiger partial charge in [-0.1, -0.05) is 65.3 Å². The third-order valence-electron chi connectivity index (χ3n) is 4.76. The molecule has 0 saturated carbocycles. The van der Waals surface area contributed by atoms with Gasteiger partial charge in [0.15, 0.2) is 5.82 Å². The zero-order chi connectivity index (χ0) is 17.8. The predicted octanol–water partition coefficient (Wildman–Crippen LogP) is 4.26. The molecule has 2 heterocycles. The summed E-state index contributed by atoms with van der Waals surface area (Å²) >= 11 is 2.02. The van der Waals surface area contributed by atoms with Gasteiger partial charge in [-0.3, -0.25) is 4.90 Å². The van der Waals surface area contributed by atoms with Crippen LogP contribution in [0.4, 0.5) is 0 Å². The molecule has 1 atom stereocenters. The maximum absolute atomic E-state index is 5.53. The molecule has 0 N–H and O–H groups in total. The Bertz CT molecular complexity index is 832. The molecular weight excluding hydrogens is 342 g/mol. The summed E-state index contributed by atoms with van der Waals surface area (Å²) in [6.45, 7) is 3.88. The van der Waals surface area contributed by atoms with E-state index in [9.17, 15) is 0 Å². The monoisotopic (exact) mass is 365 g/mol. The molecule has 1 saturated heterocycles. The molecule has 1 aliphatic heterocycles. The van der Waals surface area contributed by atoms with Gasteiger partial charge in [0.25, 0.3) is 0 Å². The van der Waals surface area contributed by atoms with Gasteiger partial charge in [-0.05, 0) is 18.1 Å². The van der Waals surface area contributed by atoms with Crippen molar-refractivity contribution < 1.29 is 4.52 Å². The molecule has 4 nitrogen and oxygen atoms in total. The summed E-state index contributed by atoms with van der Waals surface area (Å²) < 4.78 is 5.53. The van der Waals surface area contributed by atoms with E-state index < -0.39 is 0 Å². The summed E-state index contributed by atoms with van der Waals surface area (Å²) in [6.07, 6.45) is 0.710. The second-order valence-corrected chi connectivity index (χ2v) is 7.89. The molecule has 2 aromatic carbocycles. The molecule has 1 aliphatic rings. The van der Waals surface area contributed by atoms with Crippen LogP contribution >= 0.6 is 11.8 Å². The Morgan fingerprint density at radius 2 is 1.92 bits per heavy atom. The molecule has 0 bridgehead atoms. The smallest absolute Gasteiger partial charge is 0.240 e. The average molecular weight is 366 g/mol. The molecular formula is C21H23N3OS. The highest BCUT2D eigenvalue weighted by molar-refractivity contribution is 7.99. The van der Waals surface area contributed by atoms with Gasteiger partial charge in [0.05, 0.1) is 6.54 Å². The zero-order valence-corrected chi connectivity index (χ0v) is 15.8. The molecule has 1 fully saturated rings. The fourth-order valence-electron chi connectivity index (χ4n) is 3.30. The molecule has 0 radical (unpaired) electrons. The molecule has 5 heteroatoms. The van der Waals surface area contributed by atoms with Gasteiger partial charge < -0.3 is 4.52 Å². The molecule has 3 aromatic rings. The lowest BCUT2D eigenvalue weighted by Crippen LogP contribution is -2.35. The SMILES string of the molecule is Cc1ccc(C2CSCCN2Cc2nc(Cc3ccccc3)no2)cc1. The molecule has 4 rings (SSSR count). The standard InChI is InChI=1S/C21H23N3OS/c1-16-7-9-18(10-8-16)19-15-26-12-11-24(19)14-21-22-20(23-25-21)13-17-5-3-2-4-6-17/h2-10,19H,11-15H2,1H3. The van der Waals surface area contributed by atoms with Crippen LogP contribution in [0.15, 0.2) is 59.1 Å². The summed E-state index contributed by atoms with van der Waals surface area (Å²) in [5.41, 5.74) is 3.87. The second-order valence-electron chi connectivity index (χ2n) is 6.74. The summed E-state index contributed by atoms with van der Waals surface area (Å²) in [5.74, 6) is 3.71. The fraction of sp³-hybridized carbons (Fsp3) is 0.333. The quantitative estimate of drug-likeness (QED) is 0.676. The van der Waals surface area contributed by atoms with Gasteiger partial charge in [-0.2, -0.15) is 16.7 Å². The van der Waals surface area contributed by atoms with Gasteiger partial charge in [-0.25, -0.2) is 0 Å². The Morgan fingerprint density at radius 1 is 1.12 bits per heavy atom. The van der Waals surface area contributed by atoms with E-state index in [0.29, 0.717) is 24.9 Å². The first-order valence-corrected chi connectivity index (χ1v) is 10.2. The van der Waals surface area contributed by atoms with Crippen LogP contribution in [0.5, 0.6) is 0 Å². The Labute approximate surface area is 158 Å². The second kappa shape index (κ2) is 8.06. The van der Waals surface area contributed by atoms with E-state index in [0.717, 1.165) is 23.9 Å². The van der Waals surface area contributed by atoms with Crippen LogP contribution in [-0.4, -0.2) is 33.1 Å². The van der Waals surface area contributed by atoms with E-state index in [4.69, 9.17) is 4.52 Å². The van der Waals surface area contributed by atoms with Crippen molar-refractivity contribution in [3.63, 3.8) is 0 Å². The summed E-state index contributed by atoms with van der Waals surface area (Å²) in [7, 11) is 0. The van der Waals surface area contributed by atoms with Crippen molar-refractivity contribution in [2.45, 2.75) is 25.9 Å². The third-order valence-corrected chi connectivity index (χ3v) is 5.78. The zero-order valence-electron chi connectivity index (χ0n) is 15.0. The number of benzene rings is 2. The molecule has 1 unspecified atom stereocenters. The minimum absolute atomic E-state index is 0.402. The van der Waals surface area contributed by atoms with E-state index in [1.165, 1.54) is 16.7 Å². The minimum atomic E-state index is 0.402. The van der Waals surface area contributed by atoms with Crippen LogP contribution in [0.3, 0.4) is 0 Å². The van der Waals surface area contributed by atoms with Crippen molar-refractivity contribution in [2.75, 3.05) is 18.1 Å². The lowest BCUT2D eigenvalue weighted by Gasteiger charge is -2.34. The minimum Gasteiger partial charge on any atom is -0.338 e. The number of thioether (sulfide) groups is 1. The van der Waals surface area contributed by atoms with E-state index in [1.54, 1.807) is 0 Å². The van der Waals surface area contributed by atoms with Gasteiger partial charge in [-0.15, -0.1) is 0 Å². The van der Waals surface area contributed by atoms with Crippen molar-refractivity contribution in [3.05, 3.63) is 83.0 Å². The first-order valence-electron chi connectivity index (χ1n) is 9.02. The molecule has 0 spiro atoms. The number of nitrogens with zero attached hydrogens (tertiary/aromatic N) is 3. The lowest BCUT2D eigenvalue weighted by molar-refractivity contribution is 0.184. The van der Waals surface area contributed by atoms with Crippen LogP contribution in [0.25, 0.3) is 0 Å². The first kappa shape index (κ1) is 17.3. The van der Waals surface area contributed by atoms with E-state index in [1.807, 2.05) is 30.0 Å².